The van der Waals surface area contributed by atoms with E-state index in [4.69, 9.17) is 37.0 Å². The zero-order valence-electron chi connectivity index (χ0n) is 57.9. The first-order valence-electron chi connectivity index (χ1n) is 36.3. The molecule has 528 valence electrons. The van der Waals surface area contributed by atoms with E-state index in [0.717, 1.165) is 108 Å². The Morgan fingerprint density at radius 2 is 0.517 bits per heavy atom. The van der Waals surface area contributed by atoms with Gasteiger partial charge in [-0.2, -0.15) is 0 Å². The molecule has 0 aromatic carbocycles. The first-order valence-corrected chi connectivity index (χ1v) is 39.3. The zero-order valence-corrected chi connectivity index (χ0v) is 59.7. The Morgan fingerprint density at radius 1 is 0.303 bits per heavy atom. The summed E-state index contributed by atoms with van der Waals surface area (Å²) in [5.41, 5.74) is 0. The third-order valence-electron chi connectivity index (χ3n) is 16.1. The molecule has 0 radical (unpaired) electrons. The average molecular weight is 1310 g/mol. The molecule has 0 fully saturated rings. The van der Waals surface area contributed by atoms with Crippen molar-refractivity contribution in [3.8, 4) is 0 Å². The van der Waals surface area contributed by atoms with E-state index in [0.29, 0.717) is 31.6 Å². The number of hydrogen-bond acceptors (Lipinski definition) is 15. The highest BCUT2D eigenvalue weighted by Crippen LogP contribution is 2.45. The van der Waals surface area contributed by atoms with E-state index in [1.165, 1.54) is 154 Å². The van der Waals surface area contributed by atoms with Gasteiger partial charge >= 0.3 is 39.5 Å². The lowest BCUT2D eigenvalue weighted by Crippen LogP contribution is -2.30. The SMILES string of the molecule is CCCCCCCCCCCCCCCC(=O)O[C@H](COC(=O)CCCCCCCCC(C)C)COP(=O)(O)OC[C@H](O)COP(=O)(O)OC[C@@H](COC(=O)CCCCCCCCCCCCC(C)C)OC(=O)CCCCCCCCCCCCCC(C)C. The van der Waals surface area contributed by atoms with Crippen molar-refractivity contribution in [3.63, 3.8) is 0 Å². The van der Waals surface area contributed by atoms with Gasteiger partial charge in [0.15, 0.2) is 12.2 Å². The average Bonchev–Trinajstić information content (AvgIpc) is 3.55. The molecule has 0 amide bonds. The summed E-state index contributed by atoms with van der Waals surface area (Å²) in [5, 5.41) is 10.6. The second-order valence-corrected chi connectivity index (χ2v) is 29.6. The van der Waals surface area contributed by atoms with Gasteiger partial charge in [0.2, 0.25) is 0 Å². The third-order valence-corrected chi connectivity index (χ3v) is 18.0. The highest BCUT2D eigenvalue weighted by molar-refractivity contribution is 7.47. The lowest BCUT2D eigenvalue weighted by Gasteiger charge is -2.21. The van der Waals surface area contributed by atoms with Crippen LogP contribution in [0.3, 0.4) is 0 Å². The van der Waals surface area contributed by atoms with E-state index in [1.807, 2.05) is 0 Å². The number of ether oxygens (including phenoxy) is 4. The minimum absolute atomic E-state index is 0.106. The van der Waals surface area contributed by atoms with Crippen LogP contribution in [0.5, 0.6) is 0 Å². The van der Waals surface area contributed by atoms with E-state index in [9.17, 15) is 43.2 Å². The summed E-state index contributed by atoms with van der Waals surface area (Å²) < 4.78 is 68.3. The molecule has 19 heteroatoms. The summed E-state index contributed by atoms with van der Waals surface area (Å²) in [4.78, 5) is 72.5. The molecule has 5 atom stereocenters. The molecule has 0 aliphatic heterocycles. The second-order valence-electron chi connectivity index (χ2n) is 26.7. The maximum atomic E-state index is 13.0. The van der Waals surface area contributed by atoms with Gasteiger partial charge in [-0.15, -0.1) is 0 Å². The highest BCUT2D eigenvalue weighted by atomic mass is 31.2. The van der Waals surface area contributed by atoms with Crippen molar-refractivity contribution < 1.29 is 80.2 Å². The van der Waals surface area contributed by atoms with Crippen LogP contribution < -0.4 is 0 Å². The fourth-order valence-corrected chi connectivity index (χ4v) is 12.1. The van der Waals surface area contributed by atoms with Gasteiger partial charge in [-0.3, -0.25) is 37.3 Å². The maximum Gasteiger partial charge on any atom is 0.472 e. The lowest BCUT2D eigenvalue weighted by molar-refractivity contribution is -0.161. The van der Waals surface area contributed by atoms with Crippen LogP contribution in [0.1, 0.15) is 350 Å². The Bertz CT molecular complexity index is 1750. The lowest BCUT2D eigenvalue weighted by atomic mass is 10.0. The molecule has 0 rings (SSSR count). The molecule has 3 N–H and O–H groups in total. The predicted molar refractivity (Wildman–Crippen MR) is 358 cm³/mol. The van der Waals surface area contributed by atoms with Crippen molar-refractivity contribution in [3.05, 3.63) is 0 Å². The molecule has 2 unspecified atom stereocenters. The Hall–Kier alpha value is -1.94. The van der Waals surface area contributed by atoms with Gasteiger partial charge < -0.3 is 33.8 Å². The van der Waals surface area contributed by atoms with Crippen molar-refractivity contribution in [2.24, 2.45) is 17.8 Å². The Balaban J connectivity index is 5.25. The van der Waals surface area contributed by atoms with Crippen molar-refractivity contribution in [1.82, 2.24) is 0 Å². The van der Waals surface area contributed by atoms with E-state index >= 15 is 0 Å². The Labute approximate surface area is 543 Å². The van der Waals surface area contributed by atoms with Gasteiger partial charge in [0.05, 0.1) is 26.4 Å². The number of carbonyl (C=O) groups is 4. The third kappa shape index (κ3) is 64.6. The molecular formula is C70H136O17P2. The standard InChI is InChI=1S/C70H136O17P2/c1-8-9-10-11-12-13-14-15-18-25-30-39-46-53-69(74)87-66(58-81-68(73)52-45-38-33-32-36-43-50-63(6)7)60-85-89(78,79)83-56-64(71)55-82-88(76,77)84-59-65(57-80-67(72)51-44-37-29-24-21-20-23-28-35-42-49-62(4)5)86-70(75)54-47-40-31-26-19-16-17-22-27-34-41-48-61(2)3/h61-66,71H,8-60H2,1-7H3,(H,76,77)(H,78,79)/t64-,65-,66-/m1/s1. The fraction of sp³-hybridized carbons (Fsp3) is 0.943. The number of carbonyl (C=O) groups excluding carboxylic acids is 4. The molecule has 0 saturated heterocycles. The van der Waals surface area contributed by atoms with Gasteiger partial charge in [-0.25, -0.2) is 9.13 Å². The Kier molecular flexibility index (Phi) is 59.6. The van der Waals surface area contributed by atoms with Crippen LogP contribution in [0.25, 0.3) is 0 Å². The zero-order chi connectivity index (χ0) is 65.9. The van der Waals surface area contributed by atoms with E-state index in [-0.39, 0.29) is 25.7 Å². The summed E-state index contributed by atoms with van der Waals surface area (Å²) in [5.74, 6) is 0.0766. The van der Waals surface area contributed by atoms with E-state index < -0.39 is 97.5 Å². The number of aliphatic hydroxyl groups is 1. The minimum Gasteiger partial charge on any atom is -0.462 e. The molecule has 17 nitrogen and oxygen atoms in total. The van der Waals surface area contributed by atoms with Crippen molar-refractivity contribution in [2.75, 3.05) is 39.6 Å². The second kappa shape index (κ2) is 61.0. The Morgan fingerprint density at radius 3 is 0.764 bits per heavy atom. The van der Waals surface area contributed by atoms with E-state index in [2.05, 4.69) is 48.5 Å². The maximum absolute atomic E-state index is 13.0. The summed E-state index contributed by atoms with van der Waals surface area (Å²) in [6.07, 6.45) is 44.5. The fourth-order valence-electron chi connectivity index (χ4n) is 10.5. The molecule has 0 aliphatic carbocycles. The van der Waals surface area contributed by atoms with Crippen LogP contribution in [0.4, 0.5) is 0 Å². The number of phosphoric ester groups is 2. The molecule has 0 spiro atoms. The molecule has 0 aromatic rings. The van der Waals surface area contributed by atoms with Gasteiger partial charge in [-0.1, -0.05) is 299 Å². The van der Waals surface area contributed by atoms with Crippen LogP contribution in [0, 0.1) is 17.8 Å². The summed E-state index contributed by atoms with van der Waals surface area (Å²) in [6.45, 7) is 11.8. The highest BCUT2D eigenvalue weighted by Gasteiger charge is 2.30. The smallest absolute Gasteiger partial charge is 0.462 e. The van der Waals surface area contributed by atoms with Crippen LogP contribution in [0.2, 0.25) is 0 Å². The van der Waals surface area contributed by atoms with Gasteiger partial charge in [0.1, 0.15) is 19.3 Å². The van der Waals surface area contributed by atoms with Crippen LogP contribution in [-0.2, 0) is 65.4 Å². The van der Waals surface area contributed by atoms with Crippen molar-refractivity contribution in [1.29, 1.82) is 0 Å². The van der Waals surface area contributed by atoms with Crippen LogP contribution in [-0.4, -0.2) is 96.7 Å². The summed E-state index contributed by atoms with van der Waals surface area (Å²) in [6, 6.07) is 0. The molecular weight excluding hydrogens is 1170 g/mol. The topological polar surface area (TPSA) is 237 Å². The first-order chi connectivity index (χ1) is 42.7. The quantitative estimate of drug-likeness (QED) is 0.0222. The summed E-state index contributed by atoms with van der Waals surface area (Å²) in [7, 11) is -9.90. The number of esters is 4. The monoisotopic (exact) mass is 1310 g/mol. The van der Waals surface area contributed by atoms with E-state index in [1.54, 1.807) is 0 Å². The number of phosphoric acid groups is 2. The first kappa shape index (κ1) is 87.1. The van der Waals surface area contributed by atoms with Gasteiger partial charge in [-0.05, 0) is 43.4 Å². The number of unbranched alkanes of at least 4 members (excludes halogenated alkanes) is 36. The van der Waals surface area contributed by atoms with Crippen LogP contribution in [0.15, 0.2) is 0 Å². The molecule has 0 heterocycles. The van der Waals surface area contributed by atoms with Crippen LogP contribution >= 0.6 is 15.6 Å². The number of rotatable bonds is 68. The molecule has 0 aliphatic rings. The number of aliphatic hydroxyl groups excluding tert-OH is 1. The van der Waals surface area contributed by atoms with Crippen molar-refractivity contribution >= 4 is 39.5 Å². The molecule has 0 saturated carbocycles. The number of hydrogen-bond donors (Lipinski definition) is 3. The molecule has 89 heavy (non-hydrogen) atoms. The van der Waals surface area contributed by atoms with Gasteiger partial charge in [0.25, 0.3) is 0 Å². The predicted octanol–water partition coefficient (Wildman–Crippen LogP) is 19.8. The summed E-state index contributed by atoms with van der Waals surface area (Å²) >= 11 is 0. The van der Waals surface area contributed by atoms with Gasteiger partial charge in [0, 0.05) is 25.7 Å². The normalized spacial score (nSPS) is 14.2. The molecule has 0 bridgehead atoms. The largest absolute Gasteiger partial charge is 0.472 e. The van der Waals surface area contributed by atoms with Crippen molar-refractivity contribution in [2.45, 2.75) is 369 Å². The minimum atomic E-state index is -4.95. The molecule has 0 aromatic heterocycles.